The molecule has 0 fully saturated rings. The van der Waals surface area contributed by atoms with Crippen molar-refractivity contribution in [3.63, 3.8) is 0 Å². The minimum Gasteiger partial charge on any atom is -0.330 e. The molecule has 2 N–H and O–H groups in total. The highest BCUT2D eigenvalue weighted by Crippen LogP contribution is 2.12. The fraction of sp³-hybridized carbons (Fsp3) is 1.00. The van der Waals surface area contributed by atoms with E-state index >= 15 is 0 Å². The highest BCUT2D eigenvalue weighted by atomic mass is 19.1. The summed E-state index contributed by atoms with van der Waals surface area (Å²) in [7, 11) is 0. The number of hydrogen-bond acceptors (Lipinski definition) is 1. The molecule has 104 valence electrons. The van der Waals surface area contributed by atoms with E-state index < -0.39 is 0 Å². The molecule has 1 nitrogen and oxygen atoms in total. The van der Waals surface area contributed by atoms with Crippen molar-refractivity contribution in [2.45, 2.75) is 83.5 Å². The normalized spacial score (nSPS) is 10.9. The van der Waals surface area contributed by atoms with Crippen molar-refractivity contribution < 1.29 is 4.39 Å². The summed E-state index contributed by atoms with van der Waals surface area (Å²) in [6.07, 6.45) is 16.5. The first-order chi connectivity index (χ1) is 8.41. The molecule has 0 heterocycles. The first-order valence-corrected chi connectivity index (χ1v) is 7.68. The maximum atomic E-state index is 11.8. The van der Waals surface area contributed by atoms with Crippen molar-refractivity contribution in [2.24, 2.45) is 5.73 Å². The maximum absolute atomic E-state index is 11.8. The van der Waals surface area contributed by atoms with Gasteiger partial charge in [-0.3, -0.25) is 4.39 Å². The van der Waals surface area contributed by atoms with Crippen molar-refractivity contribution in [3.05, 3.63) is 0 Å². The van der Waals surface area contributed by atoms with E-state index in [-0.39, 0.29) is 6.67 Å². The topological polar surface area (TPSA) is 26.0 Å². The number of nitrogens with two attached hydrogens (primary N) is 1. The minimum atomic E-state index is -0.135. The summed E-state index contributed by atoms with van der Waals surface area (Å²) < 4.78 is 11.8. The Kier molecular flexibility index (Phi) is 15.8. The molecule has 0 aromatic rings. The summed E-state index contributed by atoms with van der Waals surface area (Å²) in [6.45, 7) is 0.715. The van der Waals surface area contributed by atoms with Crippen molar-refractivity contribution in [1.82, 2.24) is 0 Å². The molecule has 0 saturated carbocycles. The Hall–Kier alpha value is -0.110. The van der Waals surface area contributed by atoms with Gasteiger partial charge in [0.15, 0.2) is 0 Å². The van der Waals surface area contributed by atoms with E-state index in [0.29, 0.717) is 0 Å². The first kappa shape index (κ1) is 16.9. The second-order valence-corrected chi connectivity index (χ2v) is 5.07. The molecule has 0 rings (SSSR count). The summed E-state index contributed by atoms with van der Waals surface area (Å²) in [5.41, 5.74) is 5.45. The molecule has 0 unspecified atom stereocenters. The standard InChI is InChI=1S/C15H32FN/c16-14-12-10-8-6-4-2-1-3-5-7-9-11-13-15-17/h1-15,17H2. The van der Waals surface area contributed by atoms with Gasteiger partial charge in [0, 0.05) is 0 Å². The van der Waals surface area contributed by atoms with E-state index in [1.807, 2.05) is 0 Å². The van der Waals surface area contributed by atoms with Gasteiger partial charge in [0.05, 0.1) is 6.67 Å². The molecule has 0 radical (unpaired) electrons. The predicted molar refractivity (Wildman–Crippen MR) is 75.1 cm³/mol. The molecule has 0 aliphatic rings. The third-order valence-corrected chi connectivity index (χ3v) is 3.34. The fourth-order valence-electron chi connectivity index (χ4n) is 2.18. The average Bonchev–Trinajstić information content (AvgIpc) is 2.35. The Morgan fingerprint density at radius 2 is 0.765 bits per heavy atom. The second-order valence-electron chi connectivity index (χ2n) is 5.07. The zero-order valence-electron chi connectivity index (χ0n) is 11.6. The van der Waals surface area contributed by atoms with Crippen LogP contribution < -0.4 is 5.73 Å². The quantitative estimate of drug-likeness (QED) is 0.429. The average molecular weight is 245 g/mol. The molecule has 0 aliphatic carbocycles. The molecule has 0 saturated heterocycles. The highest BCUT2D eigenvalue weighted by molar-refractivity contribution is 4.49. The smallest absolute Gasteiger partial charge is 0.0894 e. The van der Waals surface area contributed by atoms with Gasteiger partial charge in [-0.1, -0.05) is 70.6 Å². The van der Waals surface area contributed by atoms with Crippen LogP contribution in [0, 0.1) is 0 Å². The van der Waals surface area contributed by atoms with Gasteiger partial charge in [0.1, 0.15) is 0 Å². The van der Waals surface area contributed by atoms with Crippen LogP contribution in [0.5, 0.6) is 0 Å². The van der Waals surface area contributed by atoms with E-state index in [0.717, 1.165) is 19.4 Å². The maximum Gasteiger partial charge on any atom is 0.0894 e. The molecule has 17 heavy (non-hydrogen) atoms. The van der Waals surface area contributed by atoms with Crippen LogP contribution >= 0.6 is 0 Å². The number of alkyl halides is 1. The van der Waals surface area contributed by atoms with E-state index in [9.17, 15) is 4.39 Å². The molecule has 0 amide bonds. The van der Waals surface area contributed by atoms with Crippen molar-refractivity contribution in [1.29, 1.82) is 0 Å². The fourth-order valence-corrected chi connectivity index (χ4v) is 2.18. The van der Waals surface area contributed by atoms with Crippen LogP contribution in [0.2, 0.25) is 0 Å². The SMILES string of the molecule is NCCCCCCCCCCCCCCCF. The molecule has 0 bridgehead atoms. The number of unbranched alkanes of at least 4 members (excludes halogenated alkanes) is 12. The van der Waals surface area contributed by atoms with Gasteiger partial charge < -0.3 is 5.73 Å². The lowest BCUT2D eigenvalue weighted by molar-refractivity contribution is 0.448. The Bertz CT molecular complexity index is 114. The lowest BCUT2D eigenvalue weighted by Crippen LogP contribution is -1.97. The molecular weight excluding hydrogens is 213 g/mol. The largest absolute Gasteiger partial charge is 0.330 e. The second kappa shape index (κ2) is 15.9. The number of rotatable bonds is 14. The van der Waals surface area contributed by atoms with Gasteiger partial charge in [-0.2, -0.15) is 0 Å². The van der Waals surface area contributed by atoms with Crippen molar-refractivity contribution in [2.75, 3.05) is 13.2 Å². The molecule has 0 spiro atoms. The van der Waals surface area contributed by atoms with Crippen LogP contribution in [0.15, 0.2) is 0 Å². The Balaban J connectivity index is 2.85. The summed E-state index contributed by atoms with van der Waals surface area (Å²) in [6, 6.07) is 0. The van der Waals surface area contributed by atoms with E-state index in [2.05, 4.69) is 0 Å². The van der Waals surface area contributed by atoms with Gasteiger partial charge in [0.25, 0.3) is 0 Å². The molecule has 0 aromatic heterocycles. The van der Waals surface area contributed by atoms with Crippen molar-refractivity contribution >= 4 is 0 Å². The summed E-state index contributed by atoms with van der Waals surface area (Å²) in [4.78, 5) is 0. The highest BCUT2D eigenvalue weighted by Gasteiger charge is 1.93. The Morgan fingerprint density at radius 3 is 1.06 bits per heavy atom. The van der Waals surface area contributed by atoms with Gasteiger partial charge >= 0.3 is 0 Å². The summed E-state index contributed by atoms with van der Waals surface area (Å²) in [5, 5.41) is 0. The van der Waals surface area contributed by atoms with Crippen LogP contribution in [0.3, 0.4) is 0 Å². The molecule has 0 aliphatic heterocycles. The van der Waals surface area contributed by atoms with Crippen LogP contribution in [0.1, 0.15) is 83.5 Å². The molecule has 0 aromatic carbocycles. The minimum absolute atomic E-state index is 0.135. The van der Waals surface area contributed by atoms with Crippen molar-refractivity contribution in [3.8, 4) is 0 Å². The zero-order valence-corrected chi connectivity index (χ0v) is 11.6. The van der Waals surface area contributed by atoms with Crippen LogP contribution in [-0.4, -0.2) is 13.2 Å². The third-order valence-electron chi connectivity index (χ3n) is 3.34. The number of halogens is 1. The predicted octanol–water partition coefficient (Wildman–Crippen LogP) is 4.99. The van der Waals surface area contributed by atoms with Gasteiger partial charge in [-0.15, -0.1) is 0 Å². The Morgan fingerprint density at radius 1 is 0.471 bits per heavy atom. The van der Waals surface area contributed by atoms with E-state index in [1.54, 1.807) is 0 Å². The van der Waals surface area contributed by atoms with Crippen LogP contribution in [0.25, 0.3) is 0 Å². The first-order valence-electron chi connectivity index (χ1n) is 7.68. The zero-order chi connectivity index (χ0) is 12.6. The van der Waals surface area contributed by atoms with Gasteiger partial charge in [-0.05, 0) is 19.4 Å². The molecular formula is C15H32FN. The Labute approximate surface area is 107 Å². The van der Waals surface area contributed by atoms with Gasteiger partial charge in [-0.25, -0.2) is 0 Å². The molecule has 2 heteroatoms. The molecule has 0 atom stereocenters. The monoisotopic (exact) mass is 245 g/mol. The van der Waals surface area contributed by atoms with E-state index in [1.165, 1.54) is 70.6 Å². The van der Waals surface area contributed by atoms with Crippen LogP contribution in [-0.2, 0) is 0 Å². The van der Waals surface area contributed by atoms with Gasteiger partial charge in [0.2, 0.25) is 0 Å². The summed E-state index contributed by atoms with van der Waals surface area (Å²) >= 11 is 0. The third kappa shape index (κ3) is 15.9. The van der Waals surface area contributed by atoms with E-state index in [4.69, 9.17) is 5.73 Å². The number of hydrogen-bond donors (Lipinski definition) is 1. The lowest BCUT2D eigenvalue weighted by Gasteiger charge is -2.02. The summed E-state index contributed by atoms with van der Waals surface area (Å²) in [5.74, 6) is 0. The lowest BCUT2D eigenvalue weighted by atomic mass is 10.0. The van der Waals surface area contributed by atoms with Crippen LogP contribution in [0.4, 0.5) is 4.39 Å².